The van der Waals surface area contributed by atoms with Gasteiger partial charge in [-0.25, -0.2) is 13.1 Å². The summed E-state index contributed by atoms with van der Waals surface area (Å²) in [6.45, 7) is 9.81. The van der Waals surface area contributed by atoms with Crippen LogP contribution in [0.1, 0.15) is 38.8 Å². The van der Waals surface area contributed by atoms with Crippen molar-refractivity contribution in [2.75, 3.05) is 13.7 Å². The third kappa shape index (κ3) is 4.09. The zero-order valence-electron chi connectivity index (χ0n) is 15.4. The van der Waals surface area contributed by atoms with Gasteiger partial charge in [0, 0.05) is 18.5 Å². The number of ether oxygens (including phenoxy) is 1. The van der Waals surface area contributed by atoms with E-state index in [9.17, 15) is 8.42 Å². The fourth-order valence-corrected chi connectivity index (χ4v) is 5.69. The molecule has 1 aromatic heterocycles. The summed E-state index contributed by atoms with van der Waals surface area (Å²) < 4.78 is 34.7. The van der Waals surface area contributed by atoms with E-state index in [2.05, 4.69) is 4.72 Å². The van der Waals surface area contributed by atoms with Crippen molar-refractivity contribution in [3.63, 3.8) is 0 Å². The maximum Gasteiger partial charge on any atom is 0.241 e. The molecule has 1 aromatic carbocycles. The number of rotatable bonds is 6. The summed E-state index contributed by atoms with van der Waals surface area (Å²) in [5.74, 6) is 0. The maximum absolute atomic E-state index is 13.0. The van der Waals surface area contributed by atoms with Crippen LogP contribution in [0, 0.1) is 34.6 Å². The predicted molar refractivity (Wildman–Crippen MR) is 104 cm³/mol. The molecule has 1 N–H and O–H groups in total. The summed E-state index contributed by atoms with van der Waals surface area (Å²) in [6, 6.07) is 3.63. The summed E-state index contributed by atoms with van der Waals surface area (Å²) in [6.07, 6.45) is -0.375. The van der Waals surface area contributed by atoms with Crippen LogP contribution in [0.15, 0.2) is 17.0 Å². The summed E-state index contributed by atoms with van der Waals surface area (Å²) in [5.41, 5.74) is 4.74. The zero-order valence-corrected chi connectivity index (χ0v) is 17.7. The molecule has 0 saturated heterocycles. The standard InChI is InChI=1S/C18H24ClNO3S2/c1-10-11(2)13(4)18(14(5)12(10)3)25(21,22)20-9-15(23-6)16-7-8-17(19)24-16/h7-8,15,20H,9H2,1-6H3. The number of halogens is 1. The minimum absolute atomic E-state index is 0.153. The van der Waals surface area contributed by atoms with Crippen LogP contribution < -0.4 is 4.72 Å². The molecule has 2 aromatic rings. The Bertz CT molecular complexity index is 859. The normalized spacial score (nSPS) is 13.2. The van der Waals surface area contributed by atoms with E-state index in [0.717, 1.165) is 32.7 Å². The van der Waals surface area contributed by atoms with E-state index in [-0.39, 0.29) is 12.6 Å². The molecule has 0 spiro atoms. The number of nitrogens with one attached hydrogen (secondary N) is 1. The smallest absolute Gasteiger partial charge is 0.241 e. The van der Waals surface area contributed by atoms with Gasteiger partial charge >= 0.3 is 0 Å². The molecule has 0 aliphatic carbocycles. The van der Waals surface area contributed by atoms with Crippen LogP contribution in [-0.4, -0.2) is 22.1 Å². The number of benzene rings is 1. The van der Waals surface area contributed by atoms with Crippen LogP contribution in [-0.2, 0) is 14.8 Å². The van der Waals surface area contributed by atoms with E-state index in [4.69, 9.17) is 16.3 Å². The molecule has 0 radical (unpaired) electrons. The Morgan fingerprint density at radius 1 is 1.04 bits per heavy atom. The fourth-order valence-electron chi connectivity index (χ4n) is 2.93. The lowest BCUT2D eigenvalue weighted by Crippen LogP contribution is -2.30. The van der Waals surface area contributed by atoms with Crippen molar-refractivity contribution in [3.8, 4) is 0 Å². The number of hydrogen-bond acceptors (Lipinski definition) is 4. The molecule has 4 nitrogen and oxygen atoms in total. The van der Waals surface area contributed by atoms with Gasteiger partial charge < -0.3 is 4.74 Å². The van der Waals surface area contributed by atoms with E-state index >= 15 is 0 Å². The van der Waals surface area contributed by atoms with Gasteiger partial charge in [0.05, 0.1) is 9.23 Å². The summed E-state index contributed by atoms with van der Waals surface area (Å²) in [5, 5.41) is 0. The second-order valence-electron chi connectivity index (χ2n) is 6.17. The monoisotopic (exact) mass is 401 g/mol. The van der Waals surface area contributed by atoms with Gasteiger partial charge in [-0.3, -0.25) is 0 Å². The quantitative estimate of drug-likeness (QED) is 0.768. The van der Waals surface area contributed by atoms with Crippen LogP contribution in [0.4, 0.5) is 0 Å². The van der Waals surface area contributed by atoms with Gasteiger partial charge in [0.25, 0.3) is 0 Å². The van der Waals surface area contributed by atoms with E-state index in [1.165, 1.54) is 11.3 Å². The van der Waals surface area contributed by atoms with Crippen molar-refractivity contribution in [2.45, 2.75) is 45.6 Å². The van der Waals surface area contributed by atoms with Gasteiger partial charge in [0.1, 0.15) is 6.10 Å². The Morgan fingerprint density at radius 2 is 1.56 bits per heavy atom. The van der Waals surface area contributed by atoms with Gasteiger partial charge in [-0.05, 0) is 74.6 Å². The molecule has 0 bridgehead atoms. The summed E-state index contributed by atoms with van der Waals surface area (Å²) in [7, 11) is -2.09. The van der Waals surface area contributed by atoms with Crippen molar-refractivity contribution in [1.29, 1.82) is 0 Å². The highest BCUT2D eigenvalue weighted by Gasteiger charge is 2.25. The Hall–Kier alpha value is -0.920. The second kappa shape index (κ2) is 7.76. The first-order chi connectivity index (χ1) is 11.6. The third-order valence-electron chi connectivity index (χ3n) is 4.85. The molecule has 1 unspecified atom stereocenters. The SMILES string of the molecule is COC(CNS(=O)(=O)c1c(C)c(C)c(C)c(C)c1C)c1ccc(Cl)s1. The third-order valence-corrected chi connectivity index (χ3v) is 7.87. The van der Waals surface area contributed by atoms with Crippen LogP contribution in [0.25, 0.3) is 0 Å². The van der Waals surface area contributed by atoms with Crippen molar-refractivity contribution >= 4 is 33.0 Å². The first-order valence-electron chi connectivity index (χ1n) is 7.94. The minimum atomic E-state index is -3.65. The molecule has 1 atom stereocenters. The predicted octanol–water partition coefficient (Wildman–Crippen LogP) is 4.61. The Balaban J connectivity index is 2.34. The molecule has 7 heteroatoms. The van der Waals surface area contributed by atoms with Gasteiger partial charge in [-0.2, -0.15) is 0 Å². The molecule has 2 rings (SSSR count). The lowest BCUT2D eigenvalue weighted by atomic mass is 9.95. The molecule has 0 aliphatic rings. The van der Waals surface area contributed by atoms with E-state index in [0.29, 0.717) is 9.23 Å². The van der Waals surface area contributed by atoms with Gasteiger partial charge in [-0.15, -0.1) is 11.3 Å². The average Bonchev–Trinajstić information content (AvgIpc) is 2.98. The first-order valence-corrected chi connectivity index (χ1v) is 10.6. The molecule has 0 amide bonds. The molecule has 0 aliphatic heterocycles. The lowest BCUT2D eigenvalue weighted by molar-refractivity contribution is 0.110. The number of sulfonamides is 1. The molecule has 138 valence electrons. The highest BCUT2D eigenvalue weighted by atomic mass is 35.5. The van der Waals surface area contributed by atoms with E-state index in [1.54, 1.807) is 13.2 Å². The van der Waals surface area contributed by atoms with Gasteiger partial charge in [-0.1, -0.05) is 11.6 Å². The molecule has 1 heterocycles. The molecular weight excluding hydrogens is 378 g/mol. The topological polar surface area (TPSA) is 55.4 Å². The Kier molecular flexibility index (Phi) is 6.33. The maximum atomic E-state index is 13.0. The largest absolute Gasteiger partial charge is 0.375 e. The highest BCUT2D eigenvalue weighted by molar-refractivity contribution is 7.89. The van der Waals surface area contributed by atoms with Gasteiger partial charge in [0.15, 0.2) is 0 Å². The molecule has 0 fully saturated rings. The second-order valence-corrected chi connectivity index (χ2v) is 9.62. The zero-order chi connectivity index (χ0) is 18.9. The summed E-state index contributed by atoms with van der Waals surface area (Å²) >= 11 is 7.35. The molecular formula is C18H24ClNO3S2. The summed E-state index contributed by atoms with van der Waals surface area (Å²) in [4.78, 5) is 1.26. The molecule has 25 heavy (non-hydrogen) atoms. The number of methoxy groups -OCH3 is 1. The van der Waals surface area contributed by atoms with Crippen LogP contribution in [0.3, 0.4) is 0 Å². The van der Waals surface area contributed by atoms with Crippen LogP contribution in [0.5, 0.6) is 0 Å². The van der Waals surface area contributed by atoms with Crippen molar-refractivity contribution in [3.05, 3.63) is 49.2 Å². The minimum Gasteiger partial charge on any atom is -0.375 e. The number of hydrogen-bond donors (Lipinski definition) is 1. The number of thiophene rings is 1. The van der Waals surface area contributed by atoms with E-state index < -0.39 is 10.0 Å². The first kappa shape index (κ1) is 20.4. The highest BCUT2D eigenvalue weighted by Crippen LogP contribution is 2.31. The van der Waals surface area contributed by atoms with Crippen molar-refractivity contribution < 1.29 is 13.2 Å². The lowest BCUT2D eigenvalue weighted by Gasteiger charge is -2.20. The van der Waals surface area contributed by atoms with Crippen molar-refractivity contribution in [1.82, 2.24) is 4.72 Å². The Morgan fingerprint density at radius 3 is 2.00 bits per heavy atom. The van der Waals surface area contributed by atoms with Gasteiger partial charge in [0.2, 0.25) is 10.0 Å². The Labute approximate surface area is 159 Å². The van der Waals surface area contributed by atoms with Crippen LogP contribution in [0.2, 0.25) is 4.34 Å². The van der Waals surface area contributed by atoms with Crippen LogP contribution >= 0.6 is 22.9 Å². The fraction of sp³-hybridized carbons (Fsp3) is 0.444. The average molecular weight is 402 g/mol. The molecule has 0 saturated carbocycles. The van der Waals surface area contributed by atoms with Crippen molar-refractivity contribution in [2.24, 2.45) is 0 Å². The van der Waals surface area contributed by atoms with E-state index in [1.807, 2.05) is 40.7 Å².